The Morgan fingerprint density at radius 2 is 2.20 bits per heavy atom. The lowest BCUT2D eigenvalue weighted by molar-refractivity contribution is 0.373. The highest BCUT2D eigenvalue weighted by Gasteiger charge is 2.18. The molecule has 0 radical (unpaired) electrons. The summed E-state index contributed by atoms with van der Waals surface area (Å²) >= 11 is 0. The molecule has 20 heavy (non-hydrogen) atoms. The summed E-state index contributed by atoms with van der Waals surface area (Å²) in [4.78, 5) is 9.12. The van der Waals surface area contributed by atoms with Crippen molar-refractivity contribution in [3.63, 3.8) is 0 Å². The van der Waals surface area contributed by atoms with Gasteiger partial charge in [-0.1, -0.05) is 0 Å². The highest BCUT2D eigenvalue weighted by Crippen LogP contribution is 2.23. The van der Waals surface area contributed by atoms with Crippen LogP contribution < -0.4 is 5.32 Å². The van der Waals surface area contributed by atoms with Crippen LogP contribution in [0.3, 0.4) is 0 Å². The van der Waals surface area contributed by atoms with Crippen LogP contribution in [0.25, 0.3) is 11.4 Å². The minimum Gasteiger partial charge on any atom is -0.316 e. The summed E-state index contributed by atoms with van der Waals surface area (Å²) < 4.78 is 1.98. The van der Waals surface area contributed by atoms with Gasteiger partial charge in [0.2, 0.25) is 0 Å². The van der Waals surface area contributed by atoms with Gasteiger partial charge in [-0.2, -0.15) is 5.10 Å². The highest BCUT2D eigenvalue weighted by molar-refractivity contribution is 5.56. The SMILES string of the molecule is CCn1nccc1-c1nccnc1C[C@H]1CCCNC1. The molecule has 3 rings (SSSR count). The number of nitrogens with one attached hydrogen (secondary N) is 1. The quantitative estimate of drug-likeness (QED) is 0.923. The van der Waals surface area contributed by atoms with Gasteiger partial charge in [-0.25, -0.2) is 0 Å². The minimum atomic E-state index is 0.664. The fraction of sp³-hybridized carbons (Fsp3) is 0.533. The van der Waals surface area contributed by atoms with Gasteiger partial charge in [0, 0.05) is 25.1 Å². The zero-order valence-electron chi connectivity index (χ0n) is 11.9. The molecule has 0 amide bonds. The van der Waals surface area contributed by atoms with E-state index in [4.69, 9.17) is 0 Å². The number of hydrogen-bond acceptors (Lipinski definition) is 4. The molecule has 0 aromatic carbocycles. The Bertz CT molecular complexity index is 557. The Labute approximate surface area is 119 Å². The molecule has 2 aromatic rings. The maximum Gasteiger partial charge on any atom is 0.110 e. The monoisotopic (exact) mass is 271 g/mol. The Kier molecular flexibility index (Phi) is 4.06. The second kappa shape index (κ2) is 6.13. The van der Waals surface area contributed by atoms with Gasteiger partial charge in [-0.3, -0.25) is 14.6 Å². The van der Waals surface area contributed by atoms with Crippen LogP contribution in [0.5, 0.6) is 0 Å². The first kappa shape index (κ1) is 13.2. The van der Waals surface area contributed by atoms with Crippen LogP contribution in [0.15, 0.2) is 24.7 Å². The van der Waals surface area contributed by atoms with E-state index in [9.17, 15) is 0 Å². The first-order valence-electron chi connectivity index (χ1n) is 7.41. The van der Waals surface area contributed by atoms with Gasteiger partial charge in [0.15, 0.2) is 0 Å². The number of hydrogen-bond donors (Lipinski definition) is 1. The largest absolute Gasteiger partial charge is 0.316 e. The third-order valence-electron chi connectivity index (χ3n) is 3.91. The lowest BCUT2D eigenvalue weighted by atomic mass is 9.93. The molecule has 5 heteroatoms. The molecule has 0 unspecified atom stereocenters. The zero-order chi connectivity index (χ0) is 13.8. The van der Waals surface area contributed by atoms with Crippen molar-refractivity contribution in [3.05, 3.63) is 30.4 Å². The molecular formula is C15H21N5. The summed E-state index contributed by atoms with van der Waals surface area (Å²) in [6.45, 7) is 5.18. The summed E-state index contributed by atoms with van der Waals surface area (Å²) in [6, 6.07) is 2.02. The van der Waals surface area contributed by atoms with E-state index in [1.165, 1.54) is 12.8 Å². The van der Waals surface area contributed by atoms with Gasteiger partial charge < -0.3 is 5.32 Å². The number of aromatic nitrogens is 4. The standard InChI is InChI=1S/C15H21N5/c1-2-20-14(5-7-19-20)15-13(17-8-9-18-15)10-12-4-3-6-16-11-12/h5,7-9,12,16H,2-4,6,10-11H2,1H3/t12-/m1/s1. The van der Waals surface area contributed by atoms with Crippen molar-refractivity contribution in [2.45, 2.75) is 32.7 Å². The molecule has 1 saturated heterocycles. The molecule has 1 aliphatic rings. The van der Waals surface area contributed by atoms with Crippen molar-refractivity contribution in [2.75, 3.05) is 13.1 Å². The second-order valence-electron chi connectivity index (χ2n) is 5.30. The molecule has 0 spiro atoms. The average molecular weight is 271 g/mol. The van der Waals surface area contributed by atoms with Crippen molar-refractivity contribution >= 4 is 0 Å². The maximum atomic E-state index is 4.57. The van der Waals surface area contributed by atoms with Crippen molar-refractivity contribution in [1.29, 1.82) is 0 Å². The van der Waals surface area contributed by atoms with E-state index in [1.807, 2.05) is 16.9 Å². The van der Waals surface area contributed by atoms with Gasteiger partial charge in [-0.05, 0) is 51.3 Å². The average Bonchev–Trinajstić information content (AvgIpc) is 2.97. The number of rotatable bonds is 4. The molecule has 0 aliphatic carbocycles. The predicted octanol–water partition coefficient (Wildman–Crippen LogP) is 1.90. The van der Waals surface area contributed by atoms with Crippen molar-refractivity contribution < 1.29 is 0 Å². The summed E-state index contributed by atoms with van der Waals surface area (Å²) in [5.74, 6) is 0.664. The van der Waals surface area contributed by atoms with Crippen LogP contribution in [-0.2, 0) is 13.0 Å². The molecule has 106 valence electrons. The summed E-state index contributed by atoms with van der Waals surface area (Å²) in [5.41, 5.74) is 3.15. The smallest absolute Gasteiger partial charge is 0.110 e. The summed E-state index contributed by atoms with van der Waals surface area (Å²) in [7, 11) is 0. The first-order chi connectivity index (χ1) is 9.88. The maximum absolute atomic E-state index is 4.57. The topological polar surface area (TPSA) is 55.6 Å². The molecule has 5 nitrogen and oxygen atoms in total. The van der Waals surface area contributed by atoms with Gasteiger partial charge in [0.1, 0.15) is 5.69 Å². The van der Waals surface area contributed by atoms with E-state index >= 15 is 0 Å². The van der Waals surface area contributed by atoms with Gasteiger partial charge >= 0.3 is 0 Å². The zero-order valence-corrected chi connectivity index (χ0v) is 11.9. The molecular weight excluding hydrogens is 250 g/mol. The van der Waals surface area contributed by atoms with Crippen LogP contribution in [0.1, 0.15) is 25.5 Å². The van der Waals surface area contributed by atoms with Gasteiger partial charge in [0.05, 0.1) is 11.4 Å². The van der Waals surface area contributed by atoms with E-state index in [2.05, 4.69) is 27.3 Å². The van der Waals surface area contributed by atoms with Crippen LogP contribution in [0, 0.1) is 5.92 Å². The lowest BCUT2D eigenvalue weighted by Crippen LogP contribution is -2.31. The van der Waals surface area contributed by atoms with E-state index in [1.54, 1.807) is 12.4 Å². The Balaban J connectivity index is 1.88. The van der Waals surface area contributed by atoms with Crippen molar-refractivity contribution in [1.82, 2.24) is 25.1 Å². The van der Waals surface area contributed by atoms with Crippen LogP contribution in [0.4, 0.5) is 0 Å². The first-order valence-corrected chi connectivity index (χ1v) is 7.41. The van der Waals surface area contributed by atoms with Crippen molar-refractivity contribution in [2.24, 2.45) is 5.92 Å². The third-order valence-corrected chi connectivity index (χ3v) is 3.91. The number of piperidine rings is 1. The highest BCUT2D eigenvalue weighted by atomic mass is 15.3. The molecule has 1 aliphatic heterocycles. The molecule has 0 saturated carbocycles. The second-order valence-corrected chi connectivity index (χ2v) is 5.30. The fourth-order valence-electron chi connectivity index (χ4n) is 2.89. The van der Waals surface area contributed by atoms with Gasteiger partial charge in [0.25, 0.3) is 0 Å². The number of aryl methyl sites for hydroxylation is 1. The van der Waals surface area contributed by atoms with E-state index in [0.717, 1.165) is 43.1 Å². The van der Waals surface area contributed by atoms with Crippen LogP contribution in [0.2, 0.25) is 0 Å². The number of nitrogens with zero attached hydrogens (tertiary/aromatic N) is 4. The molecule has 3 heterocycles. The minimum absolute atomic E-state index is 0.664. The summed E-state index contributed by atoms with van der Waals surface area (Å²) in [5, 5.41) is 7.80. The third kappa shape index (κ3) is 2.72. The van der Waals surface area contributed by atoms with Crippen molar-refractivity contribution in [3.8, 4) is 11.4 Å². The van der Waals surface area contributed by atoms with E-state index < -0.39 is 0 Å². The molecule has 1 fully saturated rings. The molecule has 1 atom stereocenters. The van der Waals surface area contributed by atoms with Crippen LogP contribution in [-0.4, -0.2) is 32.8 Å². The van der Waals surface area contributed by atoms with E-state index in [0.29, 0.717) is 5.92 Å². The molecule has 1 N–H and O–H groups in total. The molecule has 0 bridgehead atoms. The van der Waals surface area contributed by atoms with Gasteiger partial charge in [-0.15, -0.1) is 0 Å². The Morgan fingerprint density at radius 3 is 3.00 bits per heavy atom. The Hall–Kier alpha value is -1.75. The molecule has 2 aromatic heterocycles. The Morgan fingerprint density at radius 1 is 1.30 bits per heavy atom. The lowest BCUT2D eigenvalue weighted by Gasteiger charge is -2.23. The van der Waals surface area contributed by atoms with Crippen LogP contribution >= 0.6 is 0 Å². The fourth-order valence-corrected chi connectivity index (χ4v) is 2.89. The van der Waals surface area contributed by atoms with E-state index in [-0.39, 0.29) is 0 Å². The predicted molar refractivity (Wildman–Crippen MR) is 78.2 cm³/mol. The normalized spacial score (nSPS) is 19.1. The summed E-state index contributed by atoms with van der Waals surface area (Å²) in [6.07, 6.45) is 8.92.